The van der Waals surface area contributed by atoms with Gasteiger partial charge < -0.3 is 24.2 Å². The van der Waals surface area contributed by atoms with E-state index in [9.17, 15) is 9.90 Å². The number of nitrogens with zero attached hydrogens (tertiary/aromatic N) is 1. The third-order valence-electron chi connectivity index (χ3n) is 3.98. The van der Waals surface area contributed by atoms with Gasteiger partial charge in [-0.2, -0.15) is 0 Å². The minimum atomic E-state index is -1.07. The van der Waals surface area contributed by atoms with Crippen molar-refractivity contribution in [2.75, 3.05) is 35.4 Å². The van der Waals surface area contributed by atoms with Gasteiger partial charge in [0.2, 0.25) is 0 Å². The van der Waals surface area contributed by atoms with Crippen LogP contribution in [0.5, 0.6) is 17.2 Å². The molecule has 0 unspecified atom stereocenters. The summed E-state index contributed by atoms with van der Waals surface area (Å²) in [7, 11) is 8.31. The van der Waals surface area contributed by atoms with Gasteiger partial charge in [0.05, 0.1) is 31.8 Å². The van der Waals surface area contributed by atoms with Crippen LogP contribution in [0.3, 0.4) is 0 Å². The fourth-order valence-electron chi connectivity index (χ4n) is 2.55. The van der Waals surface area contributed by atoms with Crippen molar-refractivity contribution in [2.45, 2.75) is 4.90 Å². The summed E-state index contributed by atoms with van der Waals surface area (Å²) in [4.78, 5) is 14.5. The van der Waals surface area contributed by atoms with Gasteiger partial charge in [0, 0.05) is 19.7 Å². The highest BCUT2D eigenvalue weighted by atomic mass is 32.2. The SMILES string of the molecule is COc1ccccc1/C(=C\c1cc(OC)c(SC(=S)N(C)C)c(OC)c1)C(=O)O. The number of rotatable bonds is 7. The molecule has 0 heterocycles. The zero-order valence-electron chi connectivity index (χ0n) is 16.9. The molecule has 0 amide bonds. The van der Waals surface area contributed by atoms with Crippen molar-refractivity contribution in [3.8, 4) is 17.2 Å². The van der Waals surface area contributed by atoms with Gasteiger partial charge in [-0.25, -0.2) is 4.79 Å². The van der Waals surface area contributed by atoms with E-state index in [1.165, 1.54) is 18.9 Å². The smallest absolute Gasteiger partial charge is 0.336 e. The molecule has 0 aliphatic heterocycles. The van der Waals surface area contributed by atoms with Gasteiger partial charge in [0.1, 0.15) is 21.6 Å². The Hall–Kier alpha value is -2.71. The molecule has 0 aliphatic rings. The lowest BCUT2D eigenvalue weighted by molar-refractivity contribution is -0.130. The van der Waals surface area contributed by atoms with E-state index >= 15 is 0 Å². The lowest BCUT2D eigenvalue weighted by Crippen LogP contribution is -2.16. The van der Waals surface area contributed by atoms with Gasteiger partial charge in [-0.15, -0.1) is 0 Å². The summed E-state index contributed by atoms with van der Waals surface area (Å²) in [6, 6.07) is 10.5. The van der Waals surface area contributed by atoms with Crippen LogP contribution in [-0.2, 0) is 4.79 Å². The maximum atomic E-state index is 12.0. The molecule has 2 aromatic carbocycles. The minimum absolute atomic E-state index is 0.0933. The molecular weight excluding hydrogens is 410 g/mol. The molecule has 0 aliphatic carbocycles. The standard InChI is InChI=1S/C21H23NO5S2/c1-22(2)21(28)29-19-17(26-4)11-13(12-18(19)27-5)10-15(20(23)24)14-8-6-7-9-16(14)25-3/h6-12H,1-5H3,(H,23,24)/b15-10+. The molecule has 2 aromatic rings. The van der Waals surface area contributed by atoms with Crippen molar-refractivity contribution in [3.05, 3.63) is 47.5 Å². The van der Waals surface area contributed by atoms with Gasteiger partial charge >= 0.3 is 5.97 Å². The number of aliphatic carboxylic acids is 1. The Morgan fingerprint density at radius 3 is 2.07 bits per heavy atom. The number of benzene rings is 2. The Kier molecular flexibility index (Phi) is 7.92. The summed E-state index contributed by atoms with van der Waals surface area (Å²) < 4.78 is 17.0. The monoisotopic (exact) mass is 433 g/mol. The van der Waals surface area contributed by atoms with Gasteiger partial charge in [0.15, 0.2) is 0 Å². The molecule has 0 saturated carbocycles. The topological polar surface area (TPSA) is 68.2 Å². The minimum Gasteiger partial charge on any atom is -0.496 e. The Bertz CT molecular complexity index is 915. The predicted molar refractivity (Wildman–Crippen MR) is 120 cm³/mol. The van der Waals surface area contributed by atoms with Crippen LogP contribution >= 0.6 is 24.0 Å². The lowest BCUT2D eigenvalue weighted by atomic mass is 10.0. The third kappa shape index (κ3) is 5.42. The first-order chi connectivity index (χ1) is 13.8. The van der Waals surface area contributed by atoms with Crippen LogP contribution in [0.25, 0.3) is 11.6 Å². The van der Waals surface area contributed by atoms with Gasteiger partial charge in [0.25, 0.3) is 0 Å². The number of thiocarbonyl (C=S) groups is 1. The Labute approximate surface area is 180 Å². The number of para-hydroxylation sites is 1. The quantitative estimate of drug-likeness (QED) is 0.300. The molecule has 0 radical (unpaired) electrons. The lowest BCUT2D eigenvalue weighted by Gasteiger charge is -2.18. The Balaban J connectivity index is 2.60. The van der Waals surface area contributed by atoms with E-state index in [0.29, 0.717) is 32.7 Å². The fourth-order valence-corrected chi connectivity index (χ4v) is 3.64. The van der Waals surface area contributed by atoms with E-state index in [2.05, 4.69) is 0 Å². The highest BCUT2D eigenvalue weighted by molar-refractivity contribution is 8.23. The molecule has 29 heavy (non-hydrogen) atoms. The highest BCUT2D eigenvalue weighted by Crippen LogP contribution is 2.41. The number of hydrogen-bond donors (Lipinski definition) is 1. The second-order valence-electron chi connectivity index (χ2n) is 6.08. The van der Waals surface area contributed by atoms with Crippen molar-refractivity contribution >= 4 is 45.9 Å². The molecule has 2 rings (SSSR count). The summed E-state index contributed by atoms with van der Waals surface area (Å²) in [5, 5.41) is 9.78. The summed E-state index contributed by atoms with van der Waals surface area (Å²) >= 11 is 6.72. The number of ether oxygens (including phenoxy) is 3. The van der Waals surface area contributed by atoms with Crippen molar-refractivity contribution in [1.82, 2.24) is 4.90 Å². The number of thioether (sulfide) groups is 1. The van der Waals surface area contributed by atoms with Gasteiger partial charge in [-0.3, -0.25) is 0 Å². The second kappa shape index (κ2) is 10.2. The van der Waals surface area contributed by atoms with E-state index in [4.69, 9.17) is 26.4 Å². The number of methoxy groups -OCH3 is 3. The molecule has 0 fully saturated rings. The van der Waals surface area contributed by atoms with Crippen LogP contribution in [0.4, 0.5) is 0 Å². The van der Waals surface area contributed by atoms with E-state index in [1.807, 2.05) is 19.0 Å². The maximum absolute atomic E-state index is 12.0. The van der Waals surface area contributed by atoms with Crippen molar-refractivity contribution in [2.24, 2.45) is 0 Å². The molecule has 0 spiro atoms. The summed E-state index contributed by atoms with van der Waals surface area (Å²) in [6.07, 6.45) is 1.56. The molecule has 6 nitrogen and oxygen atoms in total. The van der Waals surface area contributed by atoms with Gasteiger partial charge in [-0.1, -0.05) is 42.2 Å². The van der Waals surface area contributed by atoms with E-state index in [1.54, 1.807) is 56.7 Å². The molecule has 0 bridgehead atoms. The molecule has 0 aromatic heterocycles. The average Bonchev–Trinajstić information content (AvgIpc) is 2.71. The van der Waals surface area contributed by atoms with Crippen molar-refractivity contribution in [1.29, 1.82) is 0 Å². The first-order valence-electron chi connectivity index (χ1n) is 8.55. The molecular formula is C21H23NO5S2. The molecule has 1 N–H and O–H groups in total. The second-order valence-corrected chi connectivity index (χ2v) is 7.72. The maximum Gasteiger partial charge on any atom is 0.336 e. The fraction of sp³-hybridized carbons (Fsp3) is 0.238. The Morgan fingerprint density at radius 2 is 1.59 bits per heavy atom. The highest BCUT2D eigenvalue weighted by Gasteiger charge is 2.19. The van der Waals surface area contributed by atoms with Gasteiger partial charge in [-0.05, 0) is 29.8 Å². The largest absolute Gasteiger partial charge is 0.496 e. The first kappa shape index (κ1) is 22.6. The van der Waals surface area contributed by atoms with E-state index in [0.717, 1.165) is 4.90 Å². The van der Waals surface area contributed by atoms with E-state index in [-0.39, 0.29) is 5.57 Å². The average molecular weight is 434 g/mol. The van der Waals surface area contributed by atoms with Crippen molar-refractivity contribution < 1.29 is 24.1 Å². The zero-order valence-corrected chi connectivity index (χ0v) is 18.5. The molecule has 0 saturated heterocycles. The number of carbonyl (C=O) groups is 1. The predicted octanol–water partition coefficient (Wildman–Crippen LogP) is 4.28. The van der Waals surface area contributed by atoms with E-state index < -0.39 is 5.97 Å². The molecule has 0 atom stereocenters. The molecule has 154 valence electrons. The van der Waals surface area contributed by atoms with Crippen LogP contribution in [0.1, 0.15) is 11.1 Å². The normalized spacial score (nSPS) is 11.0. The summed E-state index contributed by atoms with van der Waals surface area (Å²) in [6.45, 7) is 0. The number of carboxylic acid groups (broad SMARTS) is 1. The van der Waals surface area contributed by atoms with Crippen LogP contribution < -0.4 is 14.2 Å². The molecule has 8 heteroatoms. The van der Waals surface area contributed by atoms with Crippen molar-refractivity contribution in [3.63, 3.8) is 0 Å². The van der Waals surface area contributed by atoms with Crippen LogP contribution in [-0.4, -0.2) is 55.7 Å². The number of hydrogen-bond acceptors (Lipinski definition) is 6. The number of carboxylic acids is 1. The van der Waals surface area contributed by atoms with Crippen LogP contribution in [0.2, 0.25) is 0 Å². The van der Waals surface area contributed by atoms with Crippen LogP contribution in [0.15, 0.2) is 41.3 Å². The van der Waals surface area contributed by atoms with Crippen LogP contribution in [0, 0.1) is 0 Å². The first-order valence-corrected chi connectivity index (χ1v) is 9.78. The summed E-state index contributed by atoms with van der Waals surface area (Å²) in [5.41, 5.74) is 1.19. The summed E-state index contributed by atoms with van der Waals surface area (Å²) in [5.74, 6) is 0.479. The Morgan fingerprint density at radius 1 is 1.03 bits per heavy atom. The zero-order chi connectivity index (χ0) is 21.6. The third-order valence-corrected chi connectivity index (χ3v) is 5.74.